The average molecular weight is 280 g/mol. The van der Waals surface area contributed by atoms with Crippen LogP contribution in [0.2, 0.25) is 0 Å². The van der Waals surface area contributed by atoms with Crippen LogP contribution in [-0.4, -0.2) is 35.0 Å². The van der Waals surface area contributed by atoms with E-state index in [-0.39, 0.29) is 0 Å². The molecular formula is C17H32N2O. The normalized spacial score (nSPS) is 30.6. The van der Waals surface area contributed by atoms with Gasteiger partial charge in [-0.1, -0.05) is 56.5 Å². The van der Waals surface area contributed by atoms with Gasteiger partial charge in [-0.25, -0.2) is 0 Å². The Morgan fingerprint density at radius 2 is 1.30 bits per heavy atom. The first kappa shape index (κ1) is 15.8. The lowest BCUT2D eigenvalue weighted by molar-refractivity contribution is 0.185. The zero-order valence-electron chi connectivity index (χ0n) is 13.0. The maximum absolute atomic E-state index is 9.46. The molecule has 0 amide bonds. The monoisotopic (exact) mass is 280 g/mol. The van der Waals surface area contributed by atoms with Crippen LogP contribution < -0.4 is 0 Å². The van der Waals surface area contributed by atoms with Crippen molar-refractivity contribution in [3.8, 4) is 0 Å². The smallest absolute Gasteiger partial charge is 0.0742 e. The van der Waals surface area contributed by atoms with Gasteiger partial charge in [-0.3, -0.25) is 4.90 Å². The lowest BCUT2D eigenvalue weighted by atomic mass is 9.94. The predicted molar refractivity (Wildman–Crippen MR) is 84.6 cm³/mol. The summed E-state index contributed by atoms with van der Waals surface area (Å²) in [5, 5.41) is 13.2. The number of oxime groups is 1. The summed E-state index contributed by atoms with van der Waals surface area (Å²) in [5.41, 5.74) is 1.06. The third-order valence-corrected chi connectivity index (χ3v) is 5.00. The summed E-state index contributed by atoms with van der Waals surface area (Å²) in [4.78, 5) is 2.59. The van der Waals surface area contributed by atoms with Gasteiger partial charge in [-0.15, -0.1) is 0 Å². The van der Waals surface area contributed by atoms with E-state index >= 15 is 0 Å². The minimum atomic E-state index is 0.416. The van der Waals surface area contributed by atoms with Gasteiger partial charge in [0.1, 0.15) is 0 Å². The van der Waals surface area contributed by atoms with Crippen LogP contribution in [0.25, 0.3) is 0 Å². The molecule has 0 aromatic heterocycles. The highest BCUT2D eigenvalue weighted by molar-refractivity contribution is 5.89. The molecule has 1 aliphatic heterocycles. The molecule has 0 radical (unpaired) electrons. The van der Waals surface area contributed by atoms with Crippen molar-refractivity contribution in [2.75, 3.05) is 13.1 Å². The molecule has 1 saturated heterocycles. The van der Waals surface area contributed by atoms with E-state index in [4.69, 9.17) is 0 Å². The third-order valence-electron chi connectivity index (χ3n) is 5.00. The standard InChI is InChI=1S/C17H32N2O/c20-18-16-12-8-5-3-1-2-4-6-9-13-17(16)19-14-10-7-11-15-19/h17,20H,1-15H2/b18-16-. The van der Waals surface area contributed by atoms with Crippen molar-refractivity contribution in [1.82, 2.24) is 4.90 Å². The van der Waals surface area contributed by atoms with E-state index in [9.17, 15) is 5.21 Å². The summed E-state index contributed by atoms with van der Waals surface area (Å²) in [6, 6.07) is 0.416. The number of piperidine rings is 1. The third kappa shape index (κ3) is 5.08. The number of hydrogen-bond donors (Lipinski definition) is 1. The molecule has 1 N–H and O–H groups in total. The topological polar surface area (TPSA) is 35.8 Å². The van der Waals surface area contributed by atoms with Crippen LogP contribution >= 0.6 is 0 Å². The zero-order valence-corrected chi connectivity index (χ0v) is 13.0. The summed E-state index contributed by atoms with van der Waals surface area (Å²) in [5.74, 6) is 0. The van der Waals surface area contributed by atoms with Crippen molar-refractivity contribution in [3.05, 3.63) is 0 Å². The van der Waals surface area contributed by atoms with Crippen molar-refractivity contribution in [2.24, 2.45) is 5.16 Å². The van der Waals surface area contributed by atoms with Crippen molar-refractivity contribution in [1.29, 1.82) is 0 Å². The molecule has 1 saturated carbocycles. The molecule has 2 fully saturated rings. The molecule has 2 rings (SSSR count). The first-order valence-corrected chi connectivity index (χ1v) is 8.86. The van der Waals surface area contributed by atoms with E-state index < -0.39 is 0 Å². The van der Waals surface area contributed by atoms with Gasteiger partial charge in [-0.05, 0) is 45.2 Å². The van der Waals surface area contributed by atoms with Crippen molar-refractivity contribution in [2.45, 2.75) is 89.5 Å². The van der Waals surface area contributed by atoms with Crippen molar-refractivity contribution >= 4 is 5.71 Å². The van der Waals surface area contributed by atoms with Gasteiger partial charge in [0.25, 0.3) is 0 Å². The Labute approximate surface area is 124 Å². The summed E-state index contributed by atoms with van der Waals surface area (Å²) in [7, 11) is 0. The SMILES string of the molecule is O/N=C1/CCCCCCCCCCC1N1CCCCC1. The van der Waals surface area contributed by atoms with Crippen LogP contribution in [0.4, 0.5) is 0 Å². The van der Waals surface area contributed by atoms with Gasteiger partial charge >= 0.3 is 0 Å². The fraction of sp³-hybridized carbons (Fsp3) is 0.941. The average Bonchev–Trinajstić information content (AvgIpc) is 2.49. The number of nitrogens with zero attached hydrogens (tertiary/aromatic N) is 2. The first-order chi connectivity index (χ1) is 9.92. The van der Waals surface area contributed by atoms with Crippen LogP contribution in [0.5, 0.6) is 0 Å². The maximum atomic E-state index is 9.46. The van der Waals surface area contributed by atoms with Crippen LogP contribution in [0.15, 0.2) is 5.16 Å². The molecule has 2 aliphatic rings. The second-order valence-electron chi connectivity index (χ2n) is 6.57. The minimum Gasteiger partial charge on any atom is -0.411 e. The van der Waals surface area contributed by atoms with Gasteiger partial charge in [0, 0.05) is 0 Å². The summed E-state index contributed by atoms with van der Waals surface area (Å²) < 4.78 is 0. The Morgan fingerprint density at radius 3 is 1.95 bits per heavy atom. The van der Waals surface area contributed by atoms with E-state index in [1.54, 1.807) is 0 Å². The van der Waals surface area contributed by atoms with Crippen LogP contribution in [0.3, 0.4) is 0 Å². The molecule has 1 atom stereocenters. The number of rotatable bonds is 1. The Kier molecular flexibility index (Phi) is 7.42. The zero-order chi connectivity index (χ0) is 14.0. The Hall–Kier alpha value is -0.570. The molecule has 1 heterocycles. The van der Waals surface area contributed by atoms with Gasteiger partial charge < -0.3 is 5.21 Å². The predicted octanol–water partition coefficient (Wildman–Crippen LogP) is 4.59. The van der Waals surface area contributed by atoms with Gasteiger partial charge in [0.2, 0.25) is 0 Å². The highest BCUT2D eigenvalue weighted by atomic mass is 16.4. The Balaban J connectivity index is 1.96. The molecule has 0 spiro atoms. The second-order valence-corrected chi connectivity index (χ2v) is 6.57. The molecule has 0 bridgehead atoms. The van der Waals surface area contributed by atoms with Crippen molar-refractivity contribution in [3.63, 3.8) is 0 Å². The molecular weight excluding hydrogens is 248 g/mol. The highest BCUT2D eigenvalue weighted by Gasteiger charge is 2.25. The number of likely N-dealkylation sites (tertiary alicyclic amines) is 1. The Bertz CT molecular complexity index is 285. The summed E-state index contributed by atoms with van der Waals surface area (Å²) in [6.07, 6.45) is 16.9. The lowest BCUT2D eigenvalue weighted by Gasteiger charge is -2.35. The summed E-state index contributed by atoms with van der Waals surface area (Å²) in [6.45, 7) is 2.40. The number of hydrogen-bond acceptors (Lipinski definition) is 3. The molecule has 0 aromatic carbocycles. The minimum absolute atomic E-state index is 0.416. The van der Waals surface area contributed by atoms with E-state index in [2.05, 4.69) is 10.1 Å². The van der Waals surface area contributed by atoms with E-state index in [1.165, 1.54) is 90.1 Å². The second kappa shape index (κ2) is 9.38. The van der Waals surface area contributed by atoms with Gasteiger partial charge in [0.15, 0.2) is 0 Å². The van der Waals surface area contributed by atoms with Crippen molar-refractivity contribution < 1.29 is 5.21 Å². The molecule has 0 aromatic rings. The van der Waals surface area contributed by atoms with Gasteiger partial charge in [-0.2, -0.15) is 0 Å². The van der Waals surface area contributed by atoms with Crippen LogP contribution in [-0.2, 0) is 0 Å². The highest BCUT2D eigenvalue weighted by Crippen LogP contribution is 2.22. The van der Waals surface area contributed by atoms with Crippen LogP contribution in [0.1, 0.15) is 83.5 Å². The van der Waals surface area contributed by atoms with Gasteiger partial charge in [0.05, 0.1) is 11.8 Å². The fourth-order valence-corrected chi connectivity index (χ4v) is 3.78. The molecule has 20 heavy (non-hydrogen) atoms. The fourth-order valence-electron chi connectivity index (χ4n) is 3.78. The molecule has 116 valence electrons. The van der Waals surface area contributed by atoms with Crippen LogP contribution in [0, 0.1) is 0 Å². The molecule has 3 heteroatoms. The summed E-state index contributed by atoms with van der Waals surface area (Å²) >= 11 is 0. The van der Waals surface area contributed by atoms with E-state index in [0.717, 1.165) is 12.1 Å². The molecule has 3 nitrogen and oxygen atoms in total. The van der Waals surface area contributed by atoms with E-state index in [1.807, 2.05) is 0 Å². The first-order valence-electron chi connectivity index (χ1n) is 8.86. The molecule has 1 aliphatic carbocycles. The largest absolute Gasteiger partial charge is 0.411 e. The van der Waals surface area contributed by atoms with E-state index in [0.29, 0.717) is 6.04 Å². The quantitative estimate of drug-likeness (QED) is 0.563. The maximum Gasteiger partial charge on any atom is 0.0742 e. The Morgan fingerprint density at radius 1 is 0.750 bits per heavy atom. The lowest BCUT2D eigenvalue weighted by Crippen LogP contribution is -2.44. The molecule has 1 unspecified atom stereocenters.